The number of hydrogen-bond donors (Lipinski definition) is 1. The summed E-state index contributed by atoms with van der Waals surface area (Å²) >= 11 is 5.84. The smallest absolute Gasteiger partial charge is 0.174 e. The minimum atomic E-state index is -0.0157. The van der Waals surface area contributed by atoms with Gasteiger partial charge in [0.25, 0.3) is 0 Å². The molecule has 3 heterocycles. The first-order valence-corrected chi connectivity index (χ1v) is 10.8. The topological polar surface area (TPSA) is 36.3 Å². The molecule has 5 nitrogen and oxygen atoms in total. The second-order valence-electron chi connectivity index (χ2n) is 7.98. The maximum absolute atomic E-state index is 5.84. The summed E-state index contributed by atoms with van der Waals surface area (Å²) in [6, 6.07) is 17.0. The monoisotopic (exact) mass is 419 g/mol. The van der Waals surface area contributed by atoms with Gasteiger partial charge in [0.05, 0.1) is 17.8 Å². The highest BCUT2D eigenvalue weighted by molar-refractivity contribution is 7.80. The largest absolute Gasteiger partial charge is 0.378 e. The fourth-order valence-corrected chi connectivity index (χ4v) is 4.82. The third-order valence-corrected chi connectivity index (χ3v) is 6.30. The number of aryl methyl sites for hydroxylation is 1. The van der Waals surface area contributed by atoms with Crippen LogP contribution < -0.4 is 15.1 Å². The zero-order chi connectivity index (χ0) is 21.4. The van der Waals surface area contributed by atoms with Crippen LogP contribution in [-0.4, -0.2) is 28.8 Å². The highest BCUT2D eigenvalue weighted by atomic mass is 32.1. The molecule has 1 aliphatic rings. The summed E-state index contributed by atoms with van der Waals surface area (Å²) in [6.45, 7) is 7.52. The van der Waals surface area contributed by atoms with Gasteiger partial charge in [-0.15, -0.1) is 0 Å². The molecule has 1 aromatic carbocycles. The first kappa shape index (κ1) is 20.4. The minimum absolute atomic E-state index is 0.0157. The second-order valence-corrected chi connectivity index (χ2v) is 8.36. The van der Waals surface area contributed by atoms with Crippen molar-refractivity contribution in [3.63, 3.8) is 0 Å². The van der Waals surface area contributed by atoms with Crippen LogP contribution in [0.15, 0.2) is 54.7 Å². The first-order chi connectivity index (χ1) is 14.4. The van der Waals surface area contributed by atoms with Gasteiger partial charge in [-0.3, -0.25) is 4.98 Å². The molecule has 0 radical (unpaired) electrons. The van der Waals surface area contributed by atoms with E-state index in [-0.39, 0.29) is 12.1 Å². The van der Waals surface area contributed by atoms with E-state index in [0.29, 0.717) is 0 Å². The third kappa shape index (κ3) is 3.45. The Morgan fingerprint density at radius 3 is 2.40 bits per heavy atom. The summed E-state index contributed by atoms with van der Waals surface area (Å²) in [6.07, 6.45) is 1.85. The predicted molar refractivity (Wildman–Crippen MR) is 128 cm³/mol. The van der Waals surface area contributed by atoms with Gasteiger partial charge in [0, 0.05) is 49.6 Å². The number of pyridine rings is 1. The zero-order valence-electron chi connectivity index (χ0n) is 18.3. The molecule has 1 fully saturated rings. The van der Waals surface area contributed by atoms with Crippen molar-refractivity contribution in [1.82, 2.24) is 14.9 Å². The van der Waals surface area contributed by atoms with Crippen molar-refractivity contribution in [1.29, 1.82) is 0 Å². The average molecular weight is 420 g/mol. The van der Waals surface area contributed by atoms with E-state index in [0.717, 1.165) is 23.0 Å². The summed E-state index contributed by atoms with van der Waals surface area (Å²) in [4.78, 5) is 9.00. The van der Waals surface area contributed by atoms with E-state index in [4.69, 9.17) is 12.2 Å². The number of nitrogens with zero attached hydrogens (tertiary/aromatic N) is 4. The number of thiocarbonyl (C=S) groups is 1. The molecule has 0 saturated carbocycles. The Kier molecular flexibility index (Phi) is 5.52. The van der Waals surface area contributed by atoms with E-state index in [1.807, 2.05) is 18.3 Å². The molecule has 1 N–H and O–H groups in total. The maximum Gasteiger partial charge on any atom is 0.174 e. The van der Waals surface area contributed by atoms with Crippen LogP contribution in [-0.2, 0) is 6.54 Å². The Morgan fingerprint density at radius 1 is 1.10 bits per heavy atom. The van der Waals surface area contributed by atoms with Gasteiger partial charge in [-0.25, -0.2) is 0 Å². The lowest BCUT2D eigenvalue weighted by molar-refractivity contribution is 0.563. The minimum Gasteiger partial charge on any atom is -0.378 e. The van der Waals surface area contributed by atoms with Crippen LogP contribution in [0, 0.1) is 13.8 Å². The Hall–Kier alpha value is -2.86. The number of hydrogen-bond acceptors (Lipinski definition) is 3. The summed E-state index contributed by atoms with van der Waals surface area (Å²) < 4.78 is 2.36. The Labute approximate surface area is 184 Å². The van der Waals surface area contributed by atoms with Crippen LogP contribution in [0.4, 0.5) is 11.4 Å². The lowest BCUT2D eigenvalue weighted by atomic mass is 9.96. The van der Waals surface area contributed by atoms with Gasteiger partial charge in [0.2, 0.25) is 0 Å². The van der Waals surface area contributed by atoms with Crippen molar-refractivity contribution < 1.29 is 0 Å². The number of benzene rings is 1. The Morgan fingerprint density at radius 2 is 1.83 bits per heavy atom. The van der Waals surface area contributed by atoms with Gasteiger partial charge in [-0.2, -0.15) is 0 Å². The van der Waals surface area contributed by atoms with Crippen molar-refractivity contribution in [2.45, 2.75) is 39.4 Å². The van der Waals surface area contributed by atoms with Crippen molar-refractivity contribution >= 4 is 28.7 Å². The first-order valence-electron chi connectivity index (χ1n) is 10.4. The van der Waals surface area contributed by atoms with Crippen molar-refractivity contribution in [3.8, 4) is 0 Å². The third-order valence-electron chi connectivity index (χ3n) is 5.99. The van der Waals surface area contributed by atoms with Gasteiger partial charge in [0.15, 0.2) is 5.11 Å². The van der Waals surface area contributed by atoms with Crippen LogP contribution in [0.1, 0.15) is 41.7 Å². The van der Waals surface area contributed by atoms with Crippen LogP contribution in [0.3, 0.4) is 0 Å². The molecular weight excluding hydrogens is 390 g/mol. The highest BCUT2D eigenvalue weighted by Gasteiger charge is 2.42. The number of aromatic nitrogens is 2. The molecule has 3 aromatic rings. The van der Waals surface area contributed by atoms with Gasteiger partial charge >= 0.3 is 0 Å². The van der Waals surface area contributed by atoms with E-state index in [1.54, 1.807) is 0 Å². The lowest BCUT2D eigenvalue weighted by Crippen LogP contribution is -2.29. The van der Waals surface area contributed by atoms with Gasteiger partial charge < -0.3 is 19.7 Å². The molecule has 0 spiro atoms. The summed E-state index contributed by atoms with van der Waals surface area (Å²) in [5.41, 5.74) is 7.09. The summed E-state index contributed by atoms with van der Waals surface area (Å²) in [5, 5.41) is 4.28. The summed E-state index contributed by atoms with van der Waals surface area (Å²) in [7, 11) is 4.10. The molecule has 0 amide bonds. The normalized spacial score (nSPS) is 18.6. The highest BCUT2D eigenvalue weighted by Crippen LogP contribution is 2.43. The number of rotatable bonds is 5. The van der Waals surface area contributed by atoms with E-state index in [9.17, 15) is 0 Å². The quantitative estimate of drug-likeness (QED) is 0.603. The van der Waals surface area contributed by atoms with E-state index in [2.05, 4.69) is 95.9 Å². The average Bonchev–Trinajstić information content (AvgIpc) is 3.23. The molecular formula is C24H29N5S. The molecule has 156 valence electrons. The van der Waals surface area contributed by atoms with E-state index < -0.39 is 0 Å². The van der Waals surface area contributed by atoms with Crippen molar-refractivity contribution in [2.75, 3.05) is 23.9 Å². The molecule has 1 aliphatic heterocycles. The van der Waals surface area contributed by atoms with Crippen molar-refractivity contribution in [3.05, 3.63) is 77.4 Å². The van der Waals surface area contributed by atoms with Crippen LogP contribution >= 0.6 is 12.2 Å². The molecule has 2 aromatic heterocycles. The van der Waals surface area contributed by atoms with Crippen LogP contribution in [0.25, 0.3) is 0 Å². The maximum atomic E-state index is 5.84. The molecule has 6 heteroatoms. The number of nitrogens with one attached hydrogen (secondary N) is 1. The fraction of sp³-hybridized carbons (Fsp3) is 0.333. The Bertz CT molecular complexity index is 1040. The predicted octanol–water partition coefficient (Wildman–Crippen LogP) is 4.76. The molecule has 1 saturated heterocycles. The standard InChI is InChI=1S/C24H29N5S/c1-6-28-16(2)15-20(17(28)3)23-22(21-9-7-8-14-25-21)26-24(30)29(23)19-12-10-18(11-13-19)27(4)5/h7-15,22-23H,6H2,1-5H3,(H,26,30)/t22-,23-/m1/s1. The SMILES string of the molecule is CCn1c(C)cc([C@@H]2[C@@H](c3ccccn3)NC(=S)N2c2ccc(N(C)C)cc2)c1C. The molecule has 4 rings (SSSR count). The van der Waals surface area contributed by atoms with E-state index in [1.165, 1.54) is 22.6 Å². The zero-order valence-corrected chi connectivity index (χ0v) is 19.1. The molecule has 2 atom stereocenters. The van der Waals surface area contributed by atoms with Gasteiger partial charge in [-0.1, -0.05) is 6.07 Å². The summed E-state index contributed by atoms with van der Waals surface area (Å²) in [5.74, 6) is 0. The molecule has 0 bridgehead atoms. The van der Waals surface area contributed by atoms with E-state index >= 15 is 0 Å². The molecule has 0 unspecified atom stereocenters. The Balaban J connectivity index is 1.84. The van der Waals surface area contributed by atoms with Crippen LogP contribution in [0.2, 0.25) is 0 Å². The van der Waals surface area contributed by atoms with Gasteiger partial charge in [-0.05, 0) is 81.0 Å². The van der Waals surface area contributed by atoms with Crippen LogP contribution in [0.5, 0.6) is 0 Å². The fourth-order valence-electron chi connectivity index (χ4n) is 4.47. The number of anilines is 2. The van der Waals surface area contributed by atoms with Gasteiger partial charge in [0.1, 0.15) is 0 Å². The second kappa shape index (κ2) is 8.11. The molecule has 0 aliphatic carbocycles. The van der Waals surface area contributed by atoms with Crippen molar-refractivity contribution in [2.24, 2.45) is 0 Å². The molecule has 30 heavy (non-hydrogen) atoms. The lowest BCUT2D eigenvalue weighted by Gasteiger charge is -2.28.